The lowest BCUT2D eigenvalue weighted by atomic mass is 10.3. The molecule has 0 aromatic heterocycles. The van der Waals surface area contributed by atoms with Crippen LogP contribution in [0.25, 0.3) is 0 Å². The molecule has 0 amide bonds. The van der Waals surface area contributed by atoms with Crippen LogP contribution >= 0.6 is 7.37 Å². The molecule has 0 aliphatic carbocycles. The molecule has 0 heterocycles. The first-order chi connectivity index (χ1) is 5.12. The van der Waals surface area contributed by atoms with E-state index in [-0.39, 0.29) is 6.16 Å². The van der Waals surface area contributed by atoms with E-state index in [9.17, 15) is 9.46 Å². The summed E-state index contributed by atoms with van der Waals surface area (Å²) in [6, 6.07) is 0. The highest BCUT2D eigenvalue weighted by molar-refractivity contribution is 7.58. The lowest BCUT2D eigenvalue weighted by Gasteiger charge is -2.07. The van der Waals surface area contributed by atoms with E-state index in [4.69, 9.17) is 0 Å². The molecule has 0 aromatic carbocycles. The molecular weight excluding hydrogens is 159 g/mol. The molecule has 0 spiro atoms. The summed E-state index contributed by atoms with van der Waals surface area (Å²) in [6.07, 6.45) is 5.23. The standard InChI is InChI=1S/C8H17O2P/c1-3-5-6-8-11(9,10)7-4-2/h4H,2-3,5-8H2,1H3,(H,9,10). The van der Waals surface area contributed by atoms with Gasteiger partial charge in [0.25, 0.3) is 0 Å². The van der Waals surface area contributed by atoms with Crippen LogP contribution in [0.2, 0.25) is 0 Å². The van der Waals surface area contributed by atoms with Gasteiger partial charge in [0, 0.05) is 12.3 Å². The van der Waals surface area contributed by atoms with Crippen molar-refractivity contribution < 1.29 is 9.46 Å². The minimum atomic E-state index is -2.84. The maximum atomic E-state index is 11.2. The van der Waals surface area contributed by atoms with E-state index in [1.165, 1.54) is 6.08 Å². The van der Waals surface area contributed by atoms with E-state index >= 15 is 0 Å². The fraction of sp³-hybridized carbons (Fsp3) is 0.750. The van der Waals surface area contributed by atoms with Gasteiger partial charge in [-0.1, -0.05) is 25.8 Å². The smallest absolute Gasteiger partial charge is 0.204 e. The Morgan fingerprint density at radius 2 is 2.18 bits per heavy atom. The minimum Gasteiger partial charge on any atom is -0.344 e. The first kappa shape index (κ1) is 10.9. The van der Waals surface area contributed by atoms with E-state index in [1.54, 1.807) is 0 Å². The second-order valence-corrected chi connectivity index (χ2v) is 5.25. The van der Waals surface area contributed by atoms with Crippen LogP contribution in [0.15, 0.2) is 12.7 Å². The average molecular weight is 176 g/mol. The Hall–Kier alpha value is -0.0700. The monoisotopic (exact) mass is 176 g/mol. The zero-order chi connectivity index (χ0) is 8.74. The Kier molecular flexibility index (Phi) is 5.53. The molecule has 0 bridgehead atoms. The molecular formula is C8H17O2P. The number of rotatable bonds is 6. The zero-order valence-electron chi connectivity index (χ0n) is 7.12. The molecule has 0 radical (unpaired) electrons. The largest absolute Gasteiger partial charge is 0.344 e. The van der Waals surface area contributed by atoms with Gasteiger partial charge in [-0.05, 0) is 6.42 Å². The summed E-state index contributed by atoms with van der Waals surface area (Å²) in [7, 11) is -2.84. The van der Waals surface area contributed by atoms with Gasteiger partial charge in [-0.25, -0.2) is 0 Å². The zero-order valence-corrected chi connectivity index (χ0v) is 8.02. The molecule has 1 atom stereocenters. The lowest BCUT2D eigenvalue weighted by molar-refractivity contribution is 0.478. The molecule has 11 heavy (non-hydrogen) atoms. The summed E-state index contributed by atoms with van der Waals surface area (Å²) in [5, 5.41) is 0. The Morgan fingerprint density at radius 1 is 1.55 bits per heavy atom. The lowest BCUT2D eigenvalue weighted by Crippen LogP contribution is -1.91. The van der Waals surface area contributed by atoms with E-state index in [2.05, 4.69) is 13.5 Å². The van der Waals surface area contributed by atoms with E-state index < -0.39 is 7.37 Å². The van der Waals surface area contributed by atoms with Crippen molar-refractivity contribution >= 4 is 7.37 Å². The topological polar surface area (TPSA) is 37.3 Å². The van der Waals surface area contributed by atoms with Crippen molar-refractivity contribution in [3.63, 3.8) is 0 Å². The van der Waals surface area contributed by atoms with Gasteiger partial charge in [-0.15, -0.1) is 6.58 Å². The molecule has 66 valence electrons. The Balaban J connectivity index is 3.55. The fourth-order valence-corrected chi connectivity index (χ4v) is 2.21. The molecule has 1 unspecified atom stereocenters. The van der Waals surface area contributed by atoms with Crippen molar-refractivity contribution in [3.8, 4) is 0 Å². The van der Waals surface area contributed by atoms with Crippen LogP contribution in [0.3, 0.4) is 0 Å². The summed E-state index contributed by atoms with van der Waals surface area (Å²) >= 11 is 0. The Labute approximate surface area is 68.8 Å². The molecule has 0 aliphatic heterocycles. The highest BCUT2D eigenvalue weighted by Gasteiger charge is 2.13. The average Bonchev–Trinajstić information content (AvgIpc) is 1.87. The first-order valence-electron chi connectivity index (χ1n) is 4.04. The molecule has 0 aliphatic rings. The van der Waals surface area contributed by atoms with Crippen LogP contribution in [0.1, 0.15) is 26.2 Å². The number of unbranched alkanes of at least 4 members (excludes halogenated alkanes) is 2. The SMILES string of the molecule is C=CCP(=O)(O)CCCCC. The van der Waals surface area contributed by atoms with Gasteiger partial charge in [-0.2, -0.15) is 0 Å². The molecule has 0 aromatic rings. The van der Waals surface area contributed by atoms with Crippen LogP contribution in [0, 0.1) is 0 Å². The Bertz CT molecular complexity index is 154. The number of allylic oxidation sites excluding steroid dienone is 1. The van der Waals surface area contributed by atoms with Gasteiger partial charge in [0.05, 0.1) is 0 Å². The molecule has 0 saturated heterocycles. The molecule has 0 fully saturated rings. The Morgan fingerprint density at radius 3 is 2.64 bits per heavy atom. The third-order valence-electron chi connectivity index (χ3n) is 1.53. The highest BCUT2D eigenvalue weighted by atomic mass is 31.2. The maximum absolute atomic E-state index is 11.2. The number of hydrogen-bond donors (Lipinski definition) is 1. The molecule has 3 heteroatoms. The fourth-order valence-electron chi connectivity index (χ4n) is 0.902. The van der Waals surface area contributed by atoms with E-state index in [0.29, 0.717) is 6.16 Å². The first-order valence-corrected chi connectivity index (χ1v) is 6.07. The van der Waals surface area contributed by atoms with Gasteiger partial charge in [0.1, 0.15) is 0 Å². The minimum absolute atomic E-state index is 0.261. The molecule has 2 nitrogen and oxygen atoms in total. The summed E-state index contributed by atoms with van der Waals surface area (Å²) in [5.41, 5.74) is 0. The second-order valence-electron chi connectivity index (χ2n) is 2.75. The maximum Gasteiger partial charge on any atom is 0.204 e. The third-order valence-corrected chi connectivity index (χ3v) is 3.37. The highest BCUT2D eigenvalue weighted by Crippen LogP contribution is 2.41. The van der Waals surface area contributed by atoms with Gasteiger partial charge in [0.2, 0.25) is 7.37 Å². The molecule has 0 saturated carbocycles. The van der Waals surface area contributed by atoms with Gasteiger partial charge >= 0.3 is 0 Å². The van der Waals surface area contributed by atoms with Crippen molar-refractivity contribution in [3.05, 3.63) is 12.7 Å². The number of hydrogen-bond acceptors (Lipinski definition) is 1. The predicted molar refractivity (Wildman–Crippen MR) is 49.3 cm³/mol. The van der Waals surface area contributed by atoms with Crippen molar-refractivity contribution in [2.24, 2.45) is 0 Å². The van der Waals surface area contributed by atoms with E-state index in [1.807, 2.05) is 0 Å². The summed E-state index contributed by atoms with van der Waals surface area (Å²) in [5.74, 6) is 0. The van der Waals surface area contributed by atoms with Crippen LogP contribution in [-0.2, 0) is 4.57 Å². The van der Waals surface area contributed by atoms with Crippen molar-refractivity contribution in [2.45, 2.75) is 26.2 Å². The van der Waals surface area contributed by atoms with Crippen LogP contribution < -0.4 is 0 Å². The quantitative estimate of drug-likeness (QED) is 0.383. The summed E-state index contributed by atoms with van der Waals surface area (Å²) in [4.78, 5) is 9.23. The normalized spacial score (nSPS) is 15.8. The van der Waals surface area contributed by atoms with Crippen molar-refractivity contribution in [1.82, 2.24) is 0 Å². The third kappa shape index (κ3) is 6.33. The van der Waals surface area contributed by atoms with Crippen LogP contribution in [-0.4, -0.2) is 17.2 Å². The second kappa shape index (κ2) is 5.56. The van der Waals surface area contributed by atoms with Crippen LogP contribution in [0.5, 0.6) is 0 Å². The summed E-state index contributed by atoms with van der Waals surface area (Å²) < 4.78 is 11.2. The van der Waals surface area contributed by atoms with Crippen LogP contribution in [0.4, 0.5) is 0 Å². The van der Waals surface area contributed by atoms with E-state index in [0.717, 1.165) is 19.3 Å². The van der Waals surface area contributed by atoms with Gasteiger partial charge in [0.15, 0.2) is 0 Å². The van der Waals surface area contributed by atoms with Gasteiger partial charge in [-0.3, -0.25) is 4.57 Å². The van der Waals surface area contributed by atoms with Gasteiger partial charge < -0.3 is 4.89 Å². The molecule has 1 N–H and O–H groups in total. The van der Waals surface area contributed by atoms with Crippen molar-refractivity contribution in [2.75, 3.05) is 12.3 Å². The predicted octanol–water partition coefficient (Wildman–Crippen LogP) is 2.63. The van der Waals surface area contributed by atoms with Crippen molar-refractivity contribution in [1.29, 1.82) is 0 Å². The molecule has 0 rings (SSSR count). The summed E-state index contributed by atoms with van der Waals surface area (Å²) in [6.45, 7) is 5.52.